The van der Waals surface area contributed by atoms with Crippen LogP contribution in [-0.4, -0.2) is 118 Å². The number of ether oxygens (including phenoxy) is 3. The van der Waals surface area contributed by atoms with Crippen LogP contribution in [0.5, 0.6) is 0 Å². The minimum Gasteiger partial charge on any atom is -0.380 e. The van der Waals surface area contributed by atoms with Gasteiger partial charge in [-0.15, -0.1) is 0 Å². The maximum atomic E-state index is 11.5. The molecule has 0 unspecified atom stereocenters. The van der Waals surface area contributed by atoms with Crippen molar-refractivity contribution in [3.05, 3.63) is 54.4 Å². The van der Waals surface area contributed by atoms with Crippen LogP contribution in [0.2, 0.25) is 0 Å². The molecule has 0 spiro atoms. The number of carbonyl (C=O) groups is 7. The molecular formula is C24H25Br6ClN10O12. The number of nitrogens with one attached hydrogen (secondary N) is 1. The Morgan fingerprint density at radius 2 is 1.11 bits per heavy atom. The van der Waals surface area contributed by atoms with Gasteiger partial charge in [0.15, 0.2) is 0 Å². The van der Waals surface area contributed by atoms with Crippen molar-refractivity contribution in [2.75, 3.05) is 66.8 Å². The summed E-state index contributed by atoms with van der Waals surface area (Å²) in [5.41, 5.74) is 20.9. The Labute approximate surface area is 355 Å². The van der Waals surface area contributed by atoms with Crippen LogP contribution >= 0.6 is 107 Å². The van der Waals surface area contributed by atoms with E-state index in [0.29, 0.717) is 31.2 Å². The van der Waals surface area contributed by atoms with E-state index in [0.717, 1.165) is 12.0 Å². The van der Waals surface area contributed by atoms with Crippen molar-refractivity contribution in [1.82, 2.24) is 15.1 Å². The van der Waals surface area contributed by atoms with Crippen LogP contribution in [0.3, 0.4) is 0 Å². The van der Waals surface area contributed by atoms with Gasteiger partial charge in [-0.25, -0.2) is 4.79 Å². The van der Waals surface area contributed by atoms with E-state index >= 15 is 0 Å². The fourth-order valence-corrected chi connectivity index (χ4v) is 4.63. The molecule has 0 aliphatic carbocycles. The number of amides is 7. The van der Waals surface area contributed by atoms with Crippen molar-refractivity contribution in [3.8, 4) is 0 Å². The summed E-state index contributed by atoms with van der Waals surface area (Å²) in [5.74, 6) is -3.03. The van der Waals surface area contributed by atoms with Crippen LogP contribution < -0.4 is 11.1 Å². The number of rotatable bonds is 11. The summed E-state index contributed by atoms with van der Waals surface area (Å²) in [4.78, 5) is 84.0. The number of methoxy groups -OCH3 is 1. The van der Waals surface area contributed by atoms with Crippen LogP contribution in [0.1, 0.15) is 0 Å². The minimum atomic E-state index is -0.999. The van der Waals surface area contributed by atoms with Crippen molar-refractivity contribution in [2.45, 2.75) is 0 Å². The largest absolute Gasteiger partial charge is 0.380 e. The molecule has 0 aromatic carbocycles. The molecule has 53 heavy (non-hydrogen) atoms. The maximum absolute atomic E-state index is 11.5. The summed E-state index contributed by atoms with van der Waals surface area (Å²) in [6.45, 7) is 7.24. The molecule has 3 aliphatic rings. The first-order valence-electron chi connectivity index (χ1n) is 13.1. The van der Waals surface area contributed by atoms with E-state index in [1.54, 1.807) is 0 Å². The van der Waals surface area contributed by atoms with Gasteiger partial charge in [-0.3, -0.25) is 43.3 Å². The third kappa shape index (κ3) is 20.7. The van der Waals surface area contributed by atoms with E-state index in [1.165, 1.54) is 7.11 Å². The quantitative estimate of drug-likeness (QED) is 0.0551. The second-order valence-corrected chi connectivity index (χ2v) is 13.0. The Balaban J connectivity index is -0.000000622. The molecule has 0 atom stereocenters. The number of halogens is 7. The zero-order valence-corrected chi connectivity index (χ0v) is 37.1. The molecule has 29 heteroatoms. The molecule has 0 bridgehead atoms. The van der Waals surface area contributed by atoms with Crippen LogP contribution in [0.15, 0.2) is 37.1 Å². The summed E-state index contributed by atoms with van der Waals surface area (Å²) >= 11 is 22.1. The molecule has 0 aromatic rings. The third-order valence-corrected chi connectivity index (χ3v) is 10.8. The van der Waals surface area contributed by atoms with Crippen molar-refractivity contribution < 1.29 is 56.7 Å². The van der Waals surface area contributed by atoms with Gasteiger partial charge in [-0.1, -0.05) is 10.2 Å². The van der Waals surface area contributed by atoms with Crippen LogP contribution in [-0.2, 0) is 51.9 Å². The number of azide groups is 2. The van der Waals surface area contributed by atoms with Crippen molar-refractivity contribution in [1.29, 1.82) is 0 Å². The van der Waals surface area contributed by atoms with Crippen LogP contribution in [0.4, 0.5) is 4.79 Å². The second-order valence-electron chi connectivity index (χ2n) is 7.92. The predicted molar refractivity (Wildman–Crippen MR) is 204 cm³/mol. The first-order valence-corrected chi connectivity index (χ1v) is 18.2. The fourth-order valence-electron chi connectivity index (χ4n) is 2.61. The molecule has 0 aromatic heterocycles. The summed E-state index contributed by atoms with van der Waals surface area (Å²) in [6.07, 6.45) is -0.999. The number of nitrogens with two attached hydrogens (primary N) is 1. The summed E-state index contributed by atoms with van der Waals surface area (Å²) in [6, 6.07) is 0. The maximum Gasteiger partial charge on any atom is 0.269 e. The standard InChI is InChI=1S/C8H8Br2N4O3.C6H3Br2NO4.C4HBr2NO2.C4H10N4O.CH3ClO.CO/c9-5-6(10)8(16)14(7(5)15)2-4-17-3-1-12-13-11;1-13-6(12)9-4(10)2(7)3(8)5(9)11;5-1-2(6)4(9)7-3(1)8;5-1-3-9-4-2-7-8-6;1-3-2;1-2/h1-4H2;1H3;(H,7,8,9);1-5H2;1H3;. The number of hydrogen-bond acceptors (Lipinski definition) is 14. The molecule has 0 saturated carbocycles. The summed E-state index contributed by atoms with van der Waals surface area (Å²) in [5, 5.41) is 8.61. The van der Waals surface area contributed by atoms with E-state index < -0.39 is 29.7 Å². The van der Waals surface area contributed by atoms with E-state index in [1.807, 2.05) is 0 Å². The van der Waals surface area contributed by atoms with Crippen LogP contribution in [0, 0.1) is 6.65 Å². The van der Waals surface area contributed by atoms with Gasteiger partial charge in [0.1, 0.15) is 26.9 Å². The van der Waals surface area contributed by atoms with E-state index in [-0.39, 0.29) is 65.0 Å². The van der Waals surface area contributed by atoms with Gasteiger partial charge in [0.2, 0.25) is 0 Å². The third-order valence-electron chi connectivity index (χ3n) is 4.73. The van der Waals surface area contributed by atoms with Gasteiger partial charge in [-0.2, -0.15) is 4.90 Å². The van der Waals surface area contributed by atoms with Crippen molar-refractivity contribution >= 4 is 149 Å². The Morgan fingerprint density at radius 1 is 0.755 bits per heavy atom. The van der Waals surface area contributed by atoms with Crippen LogP contribution in [0.25, 0.3) is 20.9 Å². The molecule has 3 N–H and O–H groups in total. The number of hydrogen-bond donors (Lipinski definition) is 2. The summed E-state index contributed by atoms with van der Waals surface area (Å²) in [7, 11) is 2.48. The Hall–Kier alpha value is -2.52. The van der Waals surface area contributed by atoms with Gasteiger partial charge in [0.25, 0.3) is 35.4 Å². The zero-order valence-electron chi connectivity index (χ0n) is 26.9. The summed E-state index contributed by atoms with van der Waals surface area (Å²) < 4.78 is 26.5. The van der Waals surface area contributed by atoms with E-state index in [2.05, 4.69) is 148 Å². The predicted octanol–water partition coefficient (Wildman–Crippen LogP) is 4.47. The number of imide groups is 5. The molecule has 0 saturated heterocycles. The first-order chi connectivity index (χ1) is 25.0. The van der Waals surface area contributed by atoms with Crippen molar-refractivity contribution in [2.24, 2.45) is 16.0 Å². The van der Waals surface area contributed by atoms with E-state index in [9.17, 15) is 33.6 Å². The molecule has 3 rings (SSSR count). The van der Waals surface area contributed by atoms with Gasteiger partial charge in [0.05, 0.1) is 59.1 Å². The Bertz CT molecular complexity index is 1500. The van der Waals surface area contributed by atoms with Crippen molar-refractivity contribution in [3.63, 3.8) is 0 Å². The molecule has 3 aliphatic heterocycles. The first kappa shape index (κ1) is 54.8. The molecular weight excluding hydrogens is 1140 g/mol. The molecule has 7 amide bonds. The smallest absolute Gasteiger partial charge is 0.269 e. The van der Waals surface area contributed by atoms with E-state index in [4.69, 9.17) is 30.9 Å². The SMILES string of the molecule is COC(=O)N1C(=O)C(Br)=C(Br)C1=O.COCl.O=C1NC(=O)C(Br)=C1Br.[C-]#[O+].[N-]=[N+]=NCCOCCN.[N-]=[N+]=NCCOCCN1C(=O)C(Br)=C(Br)C1=O. The molecule has 292 valence electrons. The molecule has 0 fully saturated rings. The van der Waals surface area contributed by atoms with Gasteiger partial charge in [-0.05, 0) is 107 Å². The minimum absolute atomic E-state index is 0.0166. The second kappa shape index (κ2) is 32.9. The number of carbonyl (C=O) groups excluding carboxylic acids is 7. The average molecular weight is 1160 g/mol. The molecule has 22 nitrogen and oxygen atoms in total. The van der Waals surface area contributed by atoms with Gasteiger partial charge in [0, 0.05) is 29.5 Å². The average Bonchev–Trinajstić information content (AvgIpc) is 3.58. The number of nitrogens with zero attached hydrogens (tertiary/aromatic N) is 8. The monoisotopic (exact) mass is 1150 g/mol. The Morgan fingerprint density at radius 3 is 1.42 bits per heavy atom. The Kier molecular flexibility index (Phi) is 34.0. The fraction of sp³-hybridized carbons (Fsp3) is 0.417. The zero-order chi connectivity index (χ0) is 41.7. The normalized spacial score (nSPS) is 14.2. The van der Waals surface area contributed by atoms with Gasteiger partial charge >= 0.3 is 17.4 Å². The molecule has 0 radical (unpaired) electrons. The topological polar surface area (TPSA) is 318 Å². The molecule has 3 heterocycles. The van der Waals surface area contributed by atoms with Gasteiger partial charge < -0.3 is 19.9 Å².